The SMILES string of the molecule is COc1cccc(C(=O)NCC2CCCN(CC#Cc3ccccc3)C2)c1OC. The maximum atomic E-state index is 12.7. The number of likely N-dealkylation sites (tertiary alicyclic amines) is 1. The fourth-order valence-electron chi connectivity index (χ4n) is 3.63. The molecule has 1 unspecified atom stereocenters. The van der Waals surface area contributed by atoms with Gasteiger partial charge >= 0.3 is 0 Å². The Labute approximate surface area is 173 Å². The lowest BCUT2D eigenvalue weighted by Crippen LogP contribution is -2.41. The molecular weight excluding hydrogens is 364 g/mol. The largest absolute Gasteiger partial charge is 0.493 e. The van der Waals surface area contributed by atoms with Crippen molar-refractivity contribution < 1.29 is 14.3 Å². The summed E-state index contributed by atoms with van der Waals surface area (Å²) in [6.45, 7) is 3.39. The van der Waals surface area contributed by atoms with E-state index in [2.05, 4.69) is 22.1 Å². The third-order valence-corrected chi connectivity index (χ3v) is 5.11. The van der Waals surface area contributed by atoms with E-state index in [1.165, 1.54) is 0 Å². The maximum absolute atomic E-state index is 12.7. The van der Waals surface area contributed by atoms with Crippen molar-refractivity contribution in [1.29, 1.82) is 0 Å². The Morgan fingerprint density at radius 3 is 2.72 bits per heavy atom. The molecule has 0 spiro atoms. The van der Waals surface area contributed by atoms with E-state index in [-0.39, 0.29) is 5.91 Å². The van der Waals surface area contributed by atoms with Crippen molar-refractivity contribution in [3.05, 3.63) is 59.7 Å². The minimum Gasteiger partial charge on any atom is -0.493 e. The zero-order valence-corrected chi connectivity index (χ0v) is 17.1. The van der Waals surface area contributed by atoms with Gasteiger partial charge in [0.15, 0.2) is 11.5 Å². The van der Waals surface area contributed by atoms with Gasteiger partial charge in [0.2, 0.25) is 0 Å². The molecule has 0 aromatic heterocycles. The van der Waals surface area contributed by atoms with E-state index in [0.717, 1.165) is 38.0 Å². The number of carbonyl (C=O) groups is 1. The molecule has 0 saturated carbocycles. The molecule has 152 valence electrons. The molecule has 29 heavy (non-hydrogen) atoms. The summed E-state index contributed by atoms with van der Waals surface area (Å²) in [5.74, 6) is 7.79. The van der Waals surface area contributed by atoms with Crippen molar-refractivity contribution in [2.24, 2.45) is 5.92 Å². The zero-order chi connectivity index (χ0) is 20.5. The van der Waals surface area contributed by atoms with Gasteiger partial charge in [-0.05, 0) is 49.6 Å². The van der Waals surface area contributed by atoms with Gasteiger partial charge in [-0.2, -0.15) is 0 Å². The summed E-state index contributed by atoms with van der Waals surface area (Å²) in [7, 11) is 3.11. The lowest BCUT2D eigenvalue weighted by molar-refractivity contribution is 0.0931. The predicted octanol–water partition coefficient (Wildman–Crippen LogP) is 3.20. The molecule has 1 saturated heterocycles. The van der Waals surface area contributed by atoms with Gasteiger partial charge in [-0.15, -0.1) is 0 Å². The number of rotatable bonds is 6. The molecule has 1 atom stereocenters. The molecule has 2 aromatic rings. The van der Waals surface area contributed by atoms with Crippen molar-refractivity contribution in [3.8, 4) is 23.3 Å². The molecule has 1 fully saturated rings. The second-order valence-corrected chi connectivity index (χ2v) is 7.16. The van der Waals surface area contributed by atoms with Gasteiger partial charge in [0.05, 0.1) is 26.3 Å². The van der Waals surface area contributed by atoms with E-state index >= 15 is 0 Å². The van der Waals surface area contributed by atoms with Crippen LogP contribution in [0.4, 0.5) is 0 Å². The summed E-state index contributed by atoms with van der Waals surface area (Å²) in [5, 5.41) is 3.06. The van der Waals surface area contributed by atoms with Crippen LogP contribution in [0, 0.1) is 17.8 Å². The summed E-state index contributed by atoms with van der Waals surface area (Å²) in [6, 6.07) is 15.4. The Hall–Kier alpha value is -2.97. The van der Waals surface area contributed by atoms with Gasteiger partial charge in [-0.25, -0.2) is 0 Å². The summed E-state index contributed by atoms with van der Waals surface area (Å²) < 4.78 is 10.6. The highest BCUT2D eigenvalue weighted by Crippen LogP contribution is 2.30. The van der Waals surface area contributed by atoms with Gasteiger partial charge < -0.3 is 14.8 Å². The van der Waals surface area contributed by atoms with Crippen molar-refractivity contribution >= 4 is 5.91 Å². The number of hydrogen-bond acceptors (Lipinski definition) is 4. The first-order valence-corrected chi connectivity index (χ1v) is 9.96. The monoisotopic (exact) mass is 392 g/mol. The van der Waals surface area contributed by atoms with Crippen LogP contribution in [0.2, 0.25) is 0 Å². The Balaban J connectivity index is 1.52. The molecule has 1 amide bonds. The Kier molecular flexibility index (Phi) is 7.54. The third-order valence-electron chi connectivity index (χ3n) is 5.11. The number of benzene rings is 2. The number of nitrogens with zero attached hydrogens (tertiary/aromatic N) is 1. The van der Waals surface area contributed by atoms with E-state index in [1.54, 1.807) is 32.4 Å². The Morgan fingerprint density at radius 2 is 1.97 bits per heavy atom. The number of hydrogen-bond donors (Lipinski definition) is 1. The molecule has 5 nitrogen and oxygen atoms in total. The summed E-state index contributed by atoms with van der Waals surface area (Å²) in [4.78, 5) is 15.0. The minimum atomic E-state index is -0.137. The first-order chi connectivity index (χ1) is 14.2. The summed E-state index contributed by atoms with van der Waals surface area (Å²) in [5.41, 5.74) is 1.54. The molecule has 1 heterocycles. The van der Waals surface area contributed by atoms with Crippen molar-refractivity contribution in [2.45, 2.75) is 12.8 Å². The number of methoxy groups -OCH3 is 2. The number of nitrogens with one attached hydrogen (secondary N) is 1. The number of carbonyl (C=O) groups excluding carboxylic acids is 1. The van der Waals surface area contributed by atoms with Crippen LogP contribution < -0.4 is 14.8 Å². The fourth-order valence-corrected chi connectivity index (χ4v) is 3.63. The number of ether oxygens (including phenoxy) is 2. The smallest absolute Gasteiger partial charge is 0.255 e. The second-order valence-electron chi connectivity index (χ2n) is 7.16. The highest BCUT2D eigenvalue weighted by atomic mass is 16.5. The summed E-state index contributed by atoms with van der Waals surface area (Å²) in [6.07, 6.45) is 2.23. The number of para-hydroxylation sites is 1. The normalized spacial score (nSPS) is 16.4. The van der Waals surface area contributed by atoms with E-state index in [1.807, 2.05) is 30.3 Å². The van der Waals surface area contributed by atoms with Gasteiger partial charge in [-0.3, -0.25) is 9.69 Å². The Morgan fingerprint density at radius 1 is 1.14 bits per heavy atom. The van der Waals surface area contributed by atoms with Crippen molar-refractivity contribution in [3.63, 3.8) is 0 Å². The average Bonchev–Trinajstić information content (AvgIpc) is 2.77. The second kappa shape index (κ2) is 10.5. The van der Waals surface area contributed by atoms with Crippen molar-refractivity contribution in [1.82, 2.24) is 10.2 Å². The van der Waals surface area contributed by atoms with Crippen LogP contribution in [0.25, 0.3) is 0 Å². The first kappa shape index (κ1) is 20.8. The zero-order valence-electron chi connectivity index (χ0n) is 17.1. The molecule has 1 aliphatic heterocycles. The van der Waals surface area contributed by atoms with Crippen LogP contribution >= 0.6 is 0 Å². The lowest BCUT2D eigenvalue weighted by Gasteiger charge is -2.31. The van der Waals surface area contributed by atoms with Crippen LogP contribution in [0.15, 0.2) is 48.5 Å². The van der Waals surface area contributed by atoms with Gasteiger partial charge in [0.1, 0.15) is 0 Å². The molecule has 1 N–H and O–H groups in total. The average molecular weight is 392 g/mol. The van der Waals surface area contributed by atoms with Crippen LogP contribution in [0.5, 0.6) is 11.5 Å². The van der Waals surface area contributed by atoms with Crippen LogP contribution in [-0.2, 0) is 0 Å². The predicted molar refractivity (Wildman–Crippen MR) is 114 cm³/mol. The first-order valence-electron chi connectivity index (χ1n) is 9.96. The quantitative estimate of drug-likeness (QED) is 0.767. The minimum absolute atomic E-state index is 0.137. The molecule has 1 aliphatic rings. The molecule has 0 radical (unpaired) electrons. The van der Waals surface area contributed by atoms with Crippen molar-refractivity contribution in [2.75, 3.05) is 40.4 Å². The fraction of sp³-hybridized carbons (Fsp3) is 0.375. The maximum Gasteiger partial charge on any atom is 0.255 e. The highest BCUT2D eigenvalue weighted by Gasteiger charge is 2.21. The number of piperidine rings is 1. The Bertz CT molecular complexity index is 871. The van der Waals surface area contributed by atoms with Crippen LogP contribution in [0.1, 0.15) is 28.8 Å². The molecule has 3 rings (SSSR count). The topological polar surface area (TPSA) is 50.8 Å². The molecule has 0 aliphatic carbocycles. The molecular formula is C24H28N2O3. The van der Waals surface area contributed by atoms with E-state index in [9.17, 15) is 4.79 Å². The highest BCUT2D eigenvalue weighted by molar-refractivity contribution is 5.97. The number of amides is 1. The van der Waals surface area contributed by atoms with Crippen LogP contribution in [0.3, 0.4) is 0 Å². The van der Waals surface area contributed by atoms with Crippen LogP contribution in [-0.4, -0.2) is 51.2 Å². The lowest BCUT2D eigenvalue weighted by atomic mass is 9.98. The molecule has 0 bridgehead atoms. The molecule has 5 heteroatoms. The van der Waals surface area contributed by atoms with E-state index in [0.29, 0.717) is 29.5 Å². The van der Waals surface area contributed by atoms with Gasteiger partial charge in [0.25, 0.3) is 5.91 Å². The van der Waals surface area contributed by atoms with Gasteiger partial charge in [-0.1, -0.05) is 36.1 Å². The summed E-state index contributed by atoms with van der Waals surface area (Å²) >= 11 is 0. The van der Waals surface area contributed by atoms with Gasteiger partial charge in [0, 0.05) is 18.7 Å². The standard InChI is InChI=1S/C24H28N2O3/c1-28-22-14-6-13-21(23(22)29-2)24(27)25-17-20-12-8-16-26(18-20)15-7-11-19-9-4-3-5-10-19/h3-6,9-10,13-14,20H,8,12,15-18H2,1-2H3,(H,25,27). The van der Waals surface area contributed by atoms with E-state index < -0.39 is 0 Å². The van der Waals surface area contributed by atoms with E-state index in [4.69, 9.17) is 9.47 Å². The third kappa shape index (κ3) is 5.75. The molecule has 2 aromatic carbocycles.